The summed E-state index contributed by atoms with van der Waals surface area (Å²) in [6.07, 6.45) is 8.37. The molecule has 0 amide bonds. The first kappa shape index (κ1) is 11.6. The van der Waals surface area contributed by atoms with Gasteiger partial charge in [0.2, 0.25) is 0 Å². The number of hydrogen-bond acceptors (Lipinski definition) is 3. The number of likely N-dealkylation sites (tertiary alicyclic amines) is 1. The molecule has 4 heteroatoms. The zero-order valence-corrected chi connectivity index (χ0v) is 9.76. The first-order valence-corrected chi connectivity index (χ1v) is 6.22. The number of aliphatic hydroxyl groups is 1. The third-order valence-electron chi connectivity index (χ3n) is 3.17. The quantitative estimate of drug-likeness (QED) is 0.735. The molecule has 0 aliphatic carbocycles. The smallest absolute Gasteiger partial charge is 0.0679 e. The molecular formula is C12H21N3O. The molecule has 2 rings (SSSR count). The molecule has 1 aliphatic heterocycles. The number of aromatic nitrogens is 2. The fourth-order valence-electron chi connectivity index (χ4n) is 2.23. The minimum absolute atomic E-state index is 0.0796. The predicted molar refractivity (Wildman–Crippen MR) is 63.1 cm³/mol. The standard InChI is InChI=1S/C12H21N3O/c16-12-5-10-14(11-12)7-2-1-3-8-15-9-4-6-13-15/h4,6,9,12,16H,1-3,5,7-8,10-11H2. The second-order valence-electron chi connectivity index (χ2n) is 4.57. The Morgan fingerprint density at radius 3 is 2.81 bits per heavy atom. The van der Waals surface area contributed by atoms with Crippen LogP contribution in [0.3, 0.4) is 0 Å². The Kier molecular flexibility index (Phi) is 4.36. The van der Waals surface area contributed by atoms with Crippen molar-refractivity contribution in [3.63, 3.8) is 0 Å². The Balaban J connectivity index is 1.49. The lowest BCUT2D eigenvalue weighted by atomic mass is 10.2. The maximum Gasteiger partial charge on any atom is 0.0679 e. The molecule has 1 fully saturated rings. The molecule has 1 atom stereocenters. The minimum atomic E-state index is -0.0796. The van der Waals surface area contributed by atoms with Crippen molar-refractivity contribution in [1.29, 1.82) is 0 Å². The molecule has 0 bridgehead atoms. The van der Waals surface area contributed by atoms with Gasteiger partial charge in [0.15, 0.2) is 0 Å². The van der Waals surface area contributed by atoms with Gasteiger partial charge in [0.25, 0.3) is 0 Å². The summed E-state index contributed by atoms with van der Waals surface area (Å²) in [5.41, 5.74) is 0. The number of β-amino-alcohol motifs (C(OH)–C–C–N with tert-alkyl or cyclic N) is 1. The van der Waals surface area contributed by atoms with E-state index in [1.807, 2.05) is 23.1 Å². The highest BCUT2D eigenvalue weighted by molar-refractivity contribution is 4.77. The molecule has 90 valence electrons. The van der Waals surface area contributed by atoms with E-state index in [9.17, 15) is 5.11 Å². The fraction of sp³-hybridized carbons (Fsp3) is 0.750. The van der Waals surface area contributed by atoms with Crippen LogP contribution >= 0.6 is 0 Å². The third-order valence-corrected chi connectivity index (χ3v) is 3.17. The molecular weight excluding hydrogens is 202 g/mol. The largest absolute Gasteiger partial charge is 0.392 e. The van der Waals surface area contributed by atoms with E-state index < -0.39 is 0 Å². The molecule has 4 nitrogen and oxygen atoms in total. The van der Waals surface area contributed by atoms with Crippen LogP contribution in [0.5, 0.6) is 0 Å². The van der Waals surface area contributed by atoms with Gasteiger partial charge in [-0.15, -0.1) is 0 Å². The van der Waals surface area contributed by atoms with E-state index in [0.717, 1.165) is 32.6 Å². The van der Waals surface area contributed by atoms with E-state index in [1.54, 1.807) is 0 Å². The molecule has 0 radical (unpaired) electrons. The van der Waals surface area contributed by atoms with E-state index >= 15 is 0 Å². The van der Waals surface area contributed by atoms with Crippen molar-refractivity contribution in [2.24, 2.45) is 0 Å². The molecule has 0 saturated carbocycles. The summed E-state index contributed by atoms with van der Waals surface area (Å²) in [7, 11) is 0. The zero-order valence-electron chi connectivity index (χ0n) is 9.76. The number of unbranched alkanes of at least 4 members (excludes halogenated alkanes) is 2. The van der Waals surface area contributed by atoms with Crippen molar-refractivity contribution in [3.8, 4) is 0 Å². The van der Waals surface area contributed by atoms with E-state index in [4.69, 9.17) is 0 Å². The zero-order chi connectivity index (χ0) is 11.2. The van der Waals surface area contributed by atoms with Crippen LogP contribution in [0.25, 0.3) is 0 Å². The molecule has 1 N–H and O–H groups in total. The molecule has 1 saturated heterocycles. The molecule has 1 aromatic rings. The van der Waals surface area contributed by atoms with Crippen molar-refractivity contribution >= 4 is 0 Å². The second-order valence-corrected chi connectivity index (χ2v) is 4.57. The van der Waals surface area contributed by atoms with Gasteiger partial charge < -0.3 is 10.0 Å². The highest BCUT2D eigenvalue weighted by atomic mass is 16.3. The lowest BCUT2D eigenvalue weighted by molar-refractivity contribution is 0.175. The van der Waals surface area contributed by atoms with E-state index in [2.05, 4.69) is 10.00 Å². The topological polar surface area (TPSA) is 41.3 Å². The lowest BCUT2D eigenvalue weighted by Gasteiger charge is -2.14. The third kappa shape index (κ3) is 3.61. The minimum Gasteiger partial charge on any atom is -0.392 e. The maximum atomic E-state index is 9.37. The van der Waals surface area contributed by atoms with Crippen molar-refractivity contribution in [1.82, 2.24) is 14.7 Å². The first-order chi connectivity index (χ1) is 7.84. The molecule has 16 heavy (non-hydrogen) atoms. The lowest BCUT2D eigenvalue weighted by Crippen LogP contribution is -2.23. The van der Waals surface area contributed by atoms with Crippen LogP contribution < -0.4 is 0 Å². The molecule has 1 unspecified atom stereocenters. The summed E-state index contributed by atoms with van der Waals surface area (Å²) in [4.78, 5) is 2.36. The van der Waals surface area contributed by atoms with E-state index in [1.165, 1.54) is 19.3 Å². The number of rotatable bonds is 6. The highest BCUT2D eigenvalue weighted by Crippen LogP contribution is 2.10. The van der Waals surface area contributed by atoms with E-state index in [0.29, 0.717) is 0 Å². The number of nitrogens with zero attached hydrogens (tertiary/aromatic N) is 3. The predicted octanol–water partition coefficient (Wildman–Crippen LogP) is 1.12. The number of aryl methyl sites for hydroxylation is 1. The van der Waals surface area contributed by atoms with Crippen LogP contribution in [0.1, 0.15) is 25.7 Å². The van der Waals surface area contributed by atoms with Gasteiger partial charge in [-0.2, -0.15) is 5.10 Å². The van der Waals surface area contributed by atoms with Gasteiger partial charge in [-0.05, 0) is 31.9 Å². The highest BCUT2D eigenvalue weighted by Gasteiger charge is 2.18. The van der Waals surface area contributed by atoms with Gasteiger partial charge in [-0.1, -0.05) is 6.42 Å². The Morgan fingerprint density at radius 1 is 1.25 bits per heavy atom. The van der Waals surface area contributed by atoms with Crippen molar-refractivity contribution in [2.75, 3.05) is 19.6 Å². The molecule has 1 aliphatic rings. The average molecular weight is 223 g/mol. The monoisotopic (exact) mass is 223 g/mol. The van der Waals surface area contributed by atoms with Crippen LogP contribution in [0.4, 0.5) is 0 Å². The van der Waals surface area contributed by atoms with Gasteiger partial charge in [-0.25, -0.2) is 0 Å². The summed E-state index contributed by atoms with van der Waals surface area (Å²) in [5.74, 6) is 0. The van der Waals surface area contributed by atoms with Crippen LogP contribution in [-0.4, -0.2) is 45.5 Å². The summed E-state index contributed by atoms with van der Waals surface area (Å²) in [6, 6.07) is 1.96. The average Bonchev–Trinajstić information content (AvgIpc) is 2.89. The summed E-state index contributed by atoms with van der Waals surface area (Å²) in [5, 5.41) is 13.5. The first-order valence-electron chi connectivity index (χ1n) is 6.22. The van der Waals surface area contributed by atoms with Crippen LogP contribution in [0.15, 0.2) is 18.5 Å². The van der Waals surface area contributed by atoms with Gasteiger partial charge in [0.1, 0.15) is 0 Å². The van der Waals surface area contributed by atoms with Crippen molar-refractivity contribution in [3.05, 3.63) is 18.5 Å². The fourth-order valence-corrected chi connectivity index (χ4v) is 2.23. The second kappa shape index (κ2) is 6.01. The maximum absolute atomic E-state index is 9.37. The van der Waals surface area contributed by atoms with Gasteiger partial charge in [0.05, 0.1) is 6.10 Å². The molecule has 0 aromatic carbocycles. The van der Waals surface area contributed by atoms with Crippen molar-refractivity contribution in [2.45, 2.75) is 38.3 Å². The Labute approximate surface area is 96.9 Å². The van der Waals surface area contributed by atoms with Crippen LogP contribution in [0.2, 0.25) is 0 Å². The van der Waals surface area contributed by atoms with Crippen LogP contribution in [-0.2, 0) is 6.54 Å². The number of hydrogen-bond donors (Lipinski definition) is 1. The summed E-state index contributed by atoms with van der Waals surface area (Å²) >= 11 is 0. The SMILES string of the molecule is OC1CCN(CCCCCn2cccn2)C1. The summed E-state index contributed by atoms with van der Waals surface area (Å²) < 4.78 is 1.99. The van der Waals surface area contributed by atoms with Gasteiger partial charge in [-0.3, -0.25) is 4.68 Å². The molecule has 2 heterocycles. The normalized spacial score (nSPS) is 21.7. The Bertz CT molecular complexity index is 286. The van der Waals surface area contributed by atoms with Crippen LogP contribution in [0, 0.1) is 0 Å². The van der Waals surface area contributed by atoms with Gasteiger partial charge in [0, 0.05) is 32.0 Å². The van der Waals surface area contributed by atoms with Gasteiger partial charge >= 0.3 is 0 Å². The Hall–Kier alpha value is -0.870. The number of aliphatic hydroxyl groups excluding tert-OH is 1. The molecule has 0 spiro atoms. The van der Waals surface area contributed by atoms with E-state index in [-0.39, 0.29) is 6.10 Å². The Morgan fingerprint density at radius 2 is 2.12 bits per heavy atom. The summed E-state index contributed by atoms with van der Waals surface area (Å²) in [6.45, 7) is 4.10. The van der Waals surface area contributed by atoms with Crippen molar-refractivity contribution < 1.29 is 5.11 Å². The molecule has 1 aromatic heterocycles.